The van der Waals surface area contributed by atoms with Crippen molar-refractivity contribution >= 4 is 9.52 Å². The minimum Gasteiger partial charge on any atom is -1.00 e. The smallest absolute Gasteiger partial charge is 1.00 e. The molecule has 0 aromatic rings. The predicted molar refractivity (Wildman–Crippen MR) is 78.4 cm³/mol. The summed E-state index contributed by atoms with van der Waals surface area (Å²) in [6, 6.07) is 0. The van der Waals surface area contributed by atoms with Gasteiger partial charge < -0.3 is 30.5 Å². The summed E-state index contributed by atoms with van der Waals surface area (Å²) in [6.45, 7) is 14.3. The van der Waals surface area contributed by atoms with Crippen molar-refractivity contribution in [2.45, 2.75) is 66.1 Å². The molecule has 1 radical (unpaired) electrons. The van der Waals surface area contributed by atoms with Gasteiger partial charge in [-0.3, -0.25) is 6.08 Å². The normalized spacial score (nSPS) is 11.8. The van der Waals surface area contributed by atoms with Crippen molar-refractivity contribution in [1.29, 1.82) is 0 Å². The van der Waals surface area contributed by atoms with Gasteiger partial charge in [-0.25, -0.2) is 6.08 Å². The summed E-state index contributed by atoms with van der Waals surface area (Å²) in [5, 5.41) is 0. The van der Waals surface area contributed by atoms with Gasteiger partial charge in [0.25, 0.3) is 0 Å². The Balaban J connectivity index is -0.0000000531. The molecule has 0 aromatic heterocycles. The van der Waals surface area contributed by atoms with E-state index < -0.39 is 0 Å². The Morgan fingerprint density at radius 1 is 1.26 bits per heavy atom. The van der Waals surface area contributed by atoms with E-state index >= 15 is 0 Å². The molecule has 0 aromatic carbocycles. The molecule has 0 fully saturated rings. The number of nitrogens with one attached hydrogen (secondary N) is 1. The first-order valence-electron chi connectivity index (χ1n) is 6.00. The average molecular weight is 357 g/mol. The molecule has 0 aliphatic heterocycles. The molecule has 0 saturated carbocycles. The SMILES string of the molecule is CC(C)(C)[NH-].CCC1=C(C)C[C-]=C1.C[SiH]C.[Cl-].[Cl-].[Ti+4]. The summed E-state index contributed by atoms with van der Waals surface area (Å²) in [7, 11) is 0.750. The van der Waals surface area contributed by atoms with Crippen LogP contribution in [0.4, 0.5) is 0 Å². The van der Waals surface area contributed by atoms with Crippen molar-refractivity contribution in [3.63, 3.8) is 0 Å². The second kappa shape index (κ2) is 19.0. The number of rotatable bonds is 1. The van der Waals surface area contributed by atoms with Crippen LogP contribution in [0.5, 0.6) is 0 Å². The Hall–Kier alpha value is 0.951. The third-order valence-corrected chi connectivity index (χ3v) is 1.57. The zero-order chi connectivity index (χ0) is 13.2. The van der Waals surface area contributed by atoms with E-state index in [1.165, 1.54) is 17.6 Å². The molecule has 1 nitrogen and oxygen atoms in total. The van der Waals surface area contributed by atoms with Gasteiger partial charge in [0.15, 0.2) is 0 Å². The maximum Gasteiger partial charge on any atom is 4.00 e. The number of allylic oxidation sites excluding steroid dienone is 4. The molecule has 0 saturated heterocycles. The Kier molecular flexibility index (Phi) is 32.0. The van der Waals surface area contributed by atoms with E-state index in [4.69, 9.17) is 5.73 Å². The van der Waals surface area contributed by atoms with Crippen LogP contribution in [0.25, 0.3) is 5.73 Å². The van der Waals surface area contributed by atoms with Crippen LogP contribution < -0.4 is 24.8 Å². The Labute approximate surface area is 150 Å². The summed E-state index contributed by atoms with van der Waals surface area (Å²) in [4.78, 5) is 0. The zero-order valence-corrected chi connectivity index (χ0v) is 17.6. The molecule has 1 N–H and O–H groups in total. The monoisotopic (exact) mass is 356 g/mol. The van der Waals surface area contributed by atoms with E-state index in [1.807, 2.05) is 20.8 Å². The number of hydrogen-bond donors (Lipinski definition) is 0. The van der Waals surface area contributed by atoms with Crippen molar-refractivity contribution < 1.29 is 46.5 Å². The summed E-state index contributed by atoms with van der Waals surface area (Å²) in [6.07, 6.45) is 7.50. The molecule has 5 heteroatoms. The standard InChI is InChI=1S/C8H11.C4H10N.C2H7Si.2ClH.Ti/c1-3-8-6-4-5-7(8)2;1-4(2,3)5;1-3-2;;;/h6H,3,5H2,1-2H3;5H,1-3H3;3H,1-2H3;2*1H;/q2*-1;;;;+4/p-2. The molecule has 1 aliphatic carbocycles. The van der Waals surface area contributed by atoms with E-state index in [9.17, 15) is 0 Å². The molecule has 0 unspecified atom stereocenters. The van der Waals surface area contributed by atoms with Crippen LogP contribution >= 0.6 is 0 Å². The summed E-state index contributed by atoms with van der Waals surface area (Å²) < 4.78 is 0. The Morgan fingerprint density at radius 2 is 1.58 bits per heavy atom. The quantitative estimate of drug-likeness (QED) is 0.418. The van der Waals surface area contributed by atoms with Gasteiger partial charge in [-0.1, -0.05) is 54.1 Å². The van der Waals surface area contributed by atoms with Gasteiger partial charge in [0.05, 0.1) is 0 Å². The van der Waals surface area contributed by atoms with Crippen molar-refractivity contribution in [1.82, 2.24) is 0 Å². The molecule has 0 heterocycles. The van der Waals surface area contributed by atoms with Crippen LogP contribution in [-0.2, 0) is 21.7 Å². The van der Waals surface area contributed by atoms with Gasteiger partial charge in [0, 0.05) is 9.52 Å². The molecule has 0 spiro atoms. The van der Waals surface area contributed by atoms with Crippen molar-refractivity contribution in [3.8, 4) is 0 Å². The van der Waals surface area contributed by atoms with Crippen LogP contribution in [0.3, 0.4) is 0 Å². The first-order valence-corrected chi connectivity index (χ1v) is 8.31. The van der Waals surface area contributed by atoms with Gasteiger partial charge in [-0.05, 0) is 0 Å². The Morgan fingerprint density at radius 3 is 1.68 bits per heavy atom. The molecular formula is C14H28Cl2NSiTi. The zero-order valence-electron chi connectivity index (χ0n) is 13.3. The van der Waals surface area contributed by atoms with Crippen LogP contribution in [0.1, 0.15) is 47.5 Å². The fourth-order valence-corrected chi connectivity index (χ4v) is 0.968. The first-order chi connectivity index (χ1) is 7.26. The van der Waals surface area contributed by atoms with Gasteiger partial charge in [0.2, 0.25) is 0 Å². The van der Waals surface area contributed by atoms with Gasteiger partial charge in [-0.15, -0.1) is 12.0 Å². The van der Waals surface area contributed by atoms with Crippen molar-refractivity contribution in [3.05, 3.63) is 29.0 Å². The van der Waals surface area contributed by atoms with Gasteiger partial charge in [0.1, 0.15) is 0 Å². The molecule has 111 valence electrons. The van der Waals surface area contributed by atoms with Crippen LogP contribution in [0.2, 0.25) is 13.1 Å². The fourth-order valence-electron chi connectivity index (χ4n) is 0.968. The molecule has 0 bridgehead atoms. The third-order valence-electron chi connectivity index (χ3n) is 1.57. The van der Waals surface area contributed by atoms with E-state index in [0.29, 0.717) is 0 Å². The summed E-state index contributed by atoms with van der Waals surface area (Å²) >= 11 is 0. The maximum atomic E-state index is 6.94. The van der Waals surface area contributed by atoms with E-state index in [1.54, 1.807) is 0 Å². The minimum atomic E-state index is -0.250. The molecular weight excluding hydrogens is 329 g/mol. The Bertz CT molecular complexity index is 230. The third kappa shape index (κ3) is 32.5. The van der Waals surface area contributed by atoms with Crippen molar-refractivity contribution in [2.75, 3.05) is 0 Å². The van der Waals surface area contributed by atoms with Crippen LogP contribution in [0, 0.1) is 6.08 Å². The largest absolute Gasteiger partial charge is 4.00 e. The average Bonchev–Trinajstić information content (AvgIpc) is 2.49. The van der Waals surface area contributed by atoms with E-state index in [-0.39, 0.29) is 52.1 Å². The second-order valence-corrected chi connectivity index (χ2v) is 6.17. The van der Waals surface area contributed by atoms with Crippen LogP contribution in [0.15, 0.2) is 17.2 Å². The minimum absolute atomic E-state index is 0. The molecule has 0 atom stereocenters. The molecule has 1 rings (SSSR count). The van der Waals surface area contributed by atoms with E-state index in [2.05, 4.69) is 39.1 Å². The van der Waals surface area contributed by atoms with Gasteiger partial charge >= 0.3 is 21.7 Å². The molecule has 19 heavy (non-hydrogen) atoms. The summed E-state index contributed by atoms with van der Waals surface area (Å²) in [5.74, 6) is 0. The topological polar surface area (TPSA) is 23.8 Å². The number of halogens is 2. The molecule has 0 amide bonds. The maximum absolute atomic E-state index is 6.94. The van der Waals surface area contributed by atoms with Crippen molar-refractivity contribution in [2.24, 2.45) is 0 Å². The summed E-state index contributed by atoms with van der Waals surface area (Å²) in [5.41, 5.74) is 9.66. The fraction of sp³-hybridized carbons (Fsp3) is 0.714. The first kappa shape index (κ1) is 32.1. The number of hydrogen-bond acceptors (Lipinski definition) is 0. The van der Waals surface area contributed by atoms with E-state index in [0.717, 1.165) is 15.9 Å². The molecule has 1 aliphatic rings. The second-order valence-electron chi connectivity index (χ2n) is 5.01. The van der Waals surface area contributed by atoms with Crippen LogP contribution in [-0.4, -0.2) is 15.1 Å². The van der Waals surface area contributed by atoms with Gasteiger partial charge in [-0.2, -0.15) is 11.1 Å². The predicted octanol–water partition coefficient (Wildman–Crippen LogP) is -1.16.